The Kier molecular flexibility index (Phi) is 9.32. The lowest BCUT2D eigenvalue weighted by Crippen LogP contribution is -2.55. The highest BCUT2D eigenvalue weighted by molar-refractivity contribution is 5.95. The van der Waals surface area contributed by atoms with Crippen LogP contribution in [0.4, 0.5) is 16.2 Å². The molecule has 0 saturated carbocycles. The van der Waals surface area contributed by atoms with Crippen LogP contribution in [0.1, 0.15) is 63.1 Å². The van der Waals surface area contributed by atoms with Crippen molar-refractivity contribution in [3.8, 4) is 0 Å². The molecule has 3 atom stereocenters. The van der Waals surface area contributed by atoms with E-state index in [-0.39, 0.29) is 29.6 Å². The van der Waals surface area contributed by atoms with Crippen LogP contribution < -0.4 is 21.0 Å². The van der Waals surface area contributed by atoms with Gasteiger partial charge in [0.15, 0.2) is 0 Å². The van der Waals surface area contributed by atoms with Gasteiger partial charge in [0.2, 0.25) is 5.91 Å². The van der Waals surface area contributed by atoms with E-state index in [1.807, 2.05) is 106 Å². The van der Waals surface area contributed by atoms with Gasteiger partial charge in [0.1, 0.15) is 6.04 Å². The smallest absolute Gasteiger partial charge is 0.319 e. The average Bonchev–Trinajstić information content (AvgIpc) is 3.05. The molecule has 1 saturated heterocycles. The minimum atomic E-state index is -0.860. The summed E-state index contributed by atoms with van der Waals surface area (Å²) in [5.41, 5.74) is 6.23. The molecule has 3 unspecified atom stereocenters. The van der Waals surface area contributed by atoms with Gasteiger partial charge in [-0.3, -0.25) is 15.0 Å². The largest absolute Gasteiger partial charge is 0.378 e. The number of carbonyl (C=O) groups is 3. The van der Waals surface area contributed by atoms with E-state index >= 15 is 0 Å². The zero-order chi connectivity index (χ0) is 29.6. The third-order valence-corrected chi connectivity index (χ3v) is 7.19. The molecule has 0 radical (unpaired) electrons. The summed E-state index contributed by atoms with van der Waals surface area (Å²) >= 11 is 0. The molecule has 0 spiro atoms. The standard InChI is InChI=1S/C33H41N5O3/c1-33(2,3)22-30(39)36-38-29(24-15-10-7-11-16-24)20-25(23-13-8-6-9-14-23)19-28(31(38)40)35-32(41)34-26-17-12-18-27(21-26)37(4)5/h6-18,21,25,28-29H,19-20,22H2,1-5H3,(H,36,39)(H2,34,35,41). The van der Waals surface area contributed by atoms with Crippen LogP contribution in [-0.2, 0) is 9.59 Å². The monoisotopic (exact) mass is 555 g/mol. The second-order valence-corrected chi connectivity index (χ2v) is 12.1. The SMILES string of the molecule is CN(C)c1cccc(NC(=O)NC2CC(c3ccccc3)CC(c3ccccc3)N(NC(=O)CC(C)(C)C)C2=O)c1. The Morgan fingerprint density at radius 1 is 0.878 bits per heavy atom. The Hall–Kier alpha value is -4.33. The number of hydrogen-bond acceptors (Lipinski definition) is 4. The van der Waals surface area contributed by atoms with Gasteiger partial charge in [-0.2, -0.15) is 0 Å². The lowest BCUT2D eigenvalue weighted by molar-refractivity contribution is -0.146. The van der Waals surface area contributed by atoms with E-state index < -0.39 is 18.1 Å². The maximum absolute atomic E-state index is 14.2. The van der Waals surface area contributed by atoms with Gasteiger partial charge in [0.25, 0.3) is 5.91 Å². The van der Waals surface area contributed by atoms with Crippen LogP contribution in [0.2, 0.25) is 0 Å². The van der Waals surface area contributed by atoms with Crippen molar-refractivity contribution in [1.82, 2.24) is 15.8 Å². The number of benzene rings is 3. The fraction of sp³-hybridized carbons (Fsp3) is 0.364. The minimum Gasteiger partial charge on any atom is -0.378 e. The molecule has 0 aromatic heterocycles. The molecule has 3 N–H and O–H groups in total. The van der Waals surface area contributed by atoms with E-state index in [1.165, 1.54) is 5.01 Å². The van der Waals surface area contributed by atoms with Gasteiger partial charge in [-0.1, -0.05) is 87.5 Å². The summed E-state index contributed by atoms with van der Waals surface area (Å²) in [5.74, 6) is -0.636. The fourth-order valence-electron chi connectivity index (χ4n) is 5.23. The van der Waals surface area contributed by atoms with E-state index in [1.54, 1.807) is 6.07 Å². The van der Waals surface area contributed by atoms with Crippen molar-refractivity contribution >= 4 is 29.2 Å². The summed E-state index contributed by atoms with van der Waals surface area (Å²) in [7, 11) is 3.86. The highest BCUT2D eigenvalue weighted by atomic mass is 16.2. The third-order valence-electron chi connectivity index (χ3n) is 7.19. The Bertz CT molecular complexity index is 1340. The molecule has 4 rings (SSSR count). The number of rotatable bonds is 7. The summed E-state index contributed by atoms with van der Waals surface area (Å²) < 4.78 is 0. The van der Waals surface area contributed by atoms with Crippen LogP contribution in [-0.4, -0.2) is 43.0 Å². The predicted octanol–water partition coefficient (Wildman–Crippen LogP) is 5.86. The normalized spacial score (nSPS) is 19.2. The van der Waals surface area contributed by atoms with Gasteiger partial charge in [0.05, 0.1) is 6.04 Å². The summed E-state index contributed by atoms with van der Waals surface area (Å²) in [4.78, 5) is 42.5. The van der Waals surface area contributed by atoms with Crippen molar-refractivity contribution in [2.75, 3.05) is 24.3 Å². The second-order valence-electron chi connectivity index (χ2n) is 12.1. The first-order valence-electron chi connectivity index (χ1n) is 14.1. The summed E-state index contributed by atoms with van der Waals surface area (Å²) in [6, 6.07) is 25.5. The molecule has 0 bridgehead atoms. The van der Waals surface area contributed by atoms with Crippen molar-refractivity contribution in [3.63, 3.8) is 0 Å². The topological polar surface area (TPSA) is 93.8 Å². The first kappa shape index (κ1) is 29.6. The molecule has 8 heteroatoms. The number of hydrogen-bond donors (Lipinski definition) is 3. The predicted molar refractivity (Wildman–Crippen MR) is 163 cm³/mol. The molecule has 1 fully saturated rings. The summed E-state index contributed by atoms with van der Waals surface area (Å²) in [6.07, 6.45) is 1.23. The maximum atomic E-state index is 14.2. The first-order chi connectivity index (χ1) is 19.5. The summed E-state index contributed by atoms with van der Waals surface area (Å²) in [6.45, 7) is 5.95. The van der Waals surface area contributed by atoms with Gasteiger partial charge < -0.3 is 15.5 Å². The molecule has 216 valence electrons. The Labute approximate surface area is 243 Å². The average molecular weight is 556 g/mol. The van der Waals surface area contributed by atoms with Gasteiger partial charge in [-0.25, -0.2) is 9.80 Å². The zero-order valence-electron chi connectivity index (χ0n) is 24.6. The van der Waals surface area contributed by atoms with Gasteiger partial charge in [-0.15, -0.1) is 0 Å². The van der Waals surface area contributed by atoms with E-state index in [0.717, 1.165) is 16.8 Å². The quantitative estimate of drug-likeness (QED) is 0.341. The lowest BCUT2D eigenvalue weighted by atomic mass is 9.86. The van der Waals surface area contributed by atoms with Crippen LogP contribution in [0.3, 0.4) is 0 Å². The number of hydrazine groups is 1. The lowest BCUT2D eigenvalue weighted by Gasteiger charge is -2.33. The van der Waals surface area contributed by atoms with Crippen LogP contribution in [0, 0.1) is 5.41 Å². The summed E-state index contributed by atoms with van der Waals surface area (Å²) in [5, 5.41) is 7.25. The molecule has 41 heavy (non-hydrogen) atoms. The minimum absolute atomic E-state index is 0.0442. The molecular weight excluding hydrogens is 514 g/mol. The van der Waals surface area contributed by atoms with E-state index in [2.05, 4.69) is 28.2 Å². The molecular formula is C33H41N5O3. The molecule has 1 aliphatic rings. The number of anilines is 2. The van der Waals surface area contributed by atoms with Crippen molar-refractivity contribution in [3.05, 3.63) is 96.1 Å². The highest BCUT2D eigenvalue weighted by Crippen LogP contribution is 2.38. The molecule has 3 aromatic carbocycles. The number of carbonyl (C=O) groups excluding carboxylic acids is 3. The van der Waals surface area contributed by atoms with Gasteiger partial charge >= 0.3 is 6.03 Å². The Morgan fingerprint density at radius 2 is 1.51 bits per heavy atom. The van der Waals surface area contributed by atoms with Crippen molar-refractivity contribution in [2.24, 2.45) is 5.41 Å². The van der Waals surface area contributed by atoms with Crippen molar-refractivity contribution < 1.29 is 14.4 Å². The molecule has 0 aliphatic carbocycles. The van der Waals surface area contributed by atoms with Crippen LogP contribution >= 0.6 is 0 Å². The second kappa shape index (κ2) is 12.9. The van der Waals surface area contributed by atoms with Crippen molar-refractivity contribution in [1.29, 1.82) is 0 Å². The Balaban J connectivity index is 1.67. The zero-order valence-corrected chi connectivity index (χ0v) is 24.6. The van der Waals surface area contributed by atoms with E-state index in [4.69, 9.17) is 0 Å². The van der Waals surface area contributed by atoms with Gasteiger partial charge in [0, 0.05) is 31.9 Å². The van der Waals surface area contributed by atoms with E-state index in [0.29, 0.717) is 18.5 Å². The molecule has 1 aliphatic heterocycles. The number of nitrogens with one attached hydrogen (secondary N) is 3. The molecule has 1 heterocycles. The molecule has 8 nitrogen and oxygen atoms in total. The highest BCUT2D eigenvalue weighted by Gasteiger charge is 2.40. The molecule has 3 aromatic rings. The first-order valence-corrected chi connectivity index (χ1v) is 14.1. The van der Waals surface area contributed by atoms with E-state index in [9.17, 15) is 14.4 Å². The third kappa shape index (κ3) is 8.10. The fourth-order valence-corrected chi connectivity index (χ4v) is 5.23. The number of urea groups is 1. The van der Waals surface area contributed by atoms with Crippen LogP contribution in [0.25, 0.3) is 0 Å². The number of amides is 4. The molecule has 4 amide bonds. The number of nitrogens with zero attached hydrogens (tertiary/aromatic N) is 2. The van der Waals surface area contributed by atoms with Crippen LogP contribution in [0.5, 0.6) is 0 Å². The Morgan fingerprint density at radius 3 is 2.12 bits per heavy atom. The van der Waals surface area contributed by atoms with Gasteiger partial charge in [-0.05, 0) is 53.5 Å². The van der Waals surface area contributed by atoms with Crippen molar-refractivity contribution in [2.45, 2.75) is 58.0 Å². The van der Waals surface area contributed by atoms with Crippen LogP contribution in [0.15, 0.2) is 84.9 Å². The maximum Gasteiger partial charge on any atom is 0.319 e.